The van der Waals surface area contributed by atoms with Gasteiger partial charge in [0, 0.05) is 11.1 Å². The standard InChI is InChI=1S/C16H23ClFN/c1-16(2)7-5-11(6-8-16)15(19)10-12-9-13(17)3-4-14(12)18/h3-4,9,11,15H,5-8,10,19H2,1-2H3. The smallest absolute Gasteiger partial charge is 0.126 e. The molecule has 2 N–H and O–H groups in total. The Hall–Kier alpha value is -0.600. The van der Waals surface area contributed by atoms with Gasteiger partial charge < -0.3 is 5.73 Å². The van der Waals surface area contributed by atoms with E-state index in [1.165, 1.54) is 18.9 Å². The third-order valence-corrected chi connectivity index (χ3v) is 4.69. The molecule has 1 saturated carbocycles. The first kappa shape index (κ1) is 14.8. The molecule has 0 bridgehead atoms. The predicted molar refractivity (Wildman–Crippen MR) is 78.8 cm³/mol. The van der Waals surface area contributed by atoms with Crippen LogP contribution in [0.15, 0.2) is 18.2 Å². The average molecular weight is 284 g/mol. The molecule has 1 unspecified atom stereocenters. The van der Waals surface area contributed by atoms with Crippen LogP contribution in [0.5, 0.6) is 0 Å². The monoisotopic (exact) mass is 283 g/mol. The van der Waals surface area contributed by atoms with E-state index in [-0.39, 0.29) is 11.9 Å². The zero-order valence-corrected chi connectivity index (χ0v) is 12.5. The molecule has 0 aliphatic heterocycles. The van der Waals surface area contributed by atoms with E-state index in [4.69, 9.17) is 17.3 Å². The molecule has 0 spiro atoms. The molecule has 0 heterocycles. The summed E-state index contributed by atoms with van der Waals surface area (Å²) in [5, 5.41) is 0.577. The average Bonchev–Trinajstić information content (AvgIpc) is 2.33. The second-order valence-electron chi connectivity index (χ2n) is 6.61. The minimum Gasteiger partial charge on any atom is -0.327 e. The molecule has 3 heteroatoms. The molecule has 2 rings (SSSR count). The van der Waals surface area contributed by atoms with E-state index in [2.05, 4.69) is 13.8 Å². The summed E-state index contributed by atoms with van der Waals surface area (Å²) in [5.41, 5.74) is 7.36. The van der Waals surface area contributed by atoms with Gasteiger partial charge in [0.25, 0.3) is 0 Å². The van der Waals surface area contributed by atoms with Crippen molar-refractivity contribution in [2.24, 2.45) is 17.1 Å². The lowest BCUT2D eigenvalue weighted by molar-refractivity contribution is 0.172. The molecule has 1 aromatic rings. The second kappa shape index (κ2) is 5.80. The van der Waals surface area contributed by atoms with Gasteiger partial charge in [0.05, 0.1) is 0 Å². The summed E-state index contributed by atoms with van der Waals surface area (Å²) < 4.78 is 13.7. The lowest BCUT2D eigenvalue weighted by atomic mass is 9.70. The van der Waals surface area contributed by atoms with Gasteiger partial charge in [-0.3, -0.25) is 0 Å². The first-order valence-electron chi connectivity index (χ1n) is 7.07. The van der Waals surface area contributed by atoms with Crippen molar-refractivity contribution < 1.29 is 4.39 Å². The molecule has 0 saturated heterocycles. The van der Waals surface area contributed by atoms with Crippen LogP contribution in [0.2, 0.25) is 5.02 Å². The summed E-state index contributed by atoms with van der Waals surface area (Å²) in [5.74, 6) is 0.308. The molecule has 0 radical (unpaired) electrons. The Bertz CT molecular complexity index is 434. The van der Waals surface area contributed by atoms with Gasteiger partial charge in [0.1, 0.15) is 5.82 Å². The first-order chi connectivity index (χ1) is 8.87. The number of hydrogen-bond donors (Lipinski definition) is 1. The molecule has 1 aromatic carbocycles. The van der Waals surface area contributed by atoms with Crippen molar-refractivity contribution in [1.82, 2.24) is 0 Å². The topological polar surface area (TPSA) is 26.0 Å². The fraction of sp³-hybridized carbons (Fsp3) is 0.625. The second-order valence-corrected chi connectivity index (χ2v) is 7.04. The number of rotatable bonds is 3. The lowest BCUT2D eigenvalue weighted by Crippen LogP contribution is -2.36. The zero-order chi connectivity index (χ0) is 14.0. The summed E-state index contributed by atoms with van der Waals surface area (Å²) >= 11 is 5.92. The molecule has 1 fully saturated rings. The highest BCUT2D eigenvalue weighted by atomic mass is 35.5. The van der Waals surface area contributed by atoms with E-state index in [1.807, 2.05) is 0 Å². The number of halogens is 2. The summed E-state index contributed by atoms with van der Waals surface area (Å²) in [7, 11) is 0. The van der Waals surface area contributed by atoms with Gasteiger partial charge in [-0.25, -0.2) is 4.39 Å². The SMILES string of the molecule is CC1(C)CCC(C(N)Cc2cc(Cl)ccc2F)CC1. The van der Waals surface area contributed by atoms with E-state index in [1.54, 1.807) is 12.1 Å². The largest absolute Gasteiger partial charge is 0.327 e. The fourth-order valence-corrected chi connectivity index (χ4v) is 3.16. The number of hydrogen-bond acceptors (Lipinski definition) is 1. The van der Waals surface area contributed by atoms with Gasteiger partial charge in [0.15, 0.2) is 0 Å². The summed E-state index contributed by atoms with van der Waals surface area (Å²) in [4.78, 5) is 0. The quantitative estimate of drug-likeness (QED) is 0.864. The van der Waals surface area contributed by atoms with Crippen LogP contribution in [-0.2, 0) is 6.42 Å². The molecule has 0 aromatic heterocycles. The molecule has 1 aliphatic carbocycles. The molecule has 1 atom stereocenters. The van der Waals surface area contributed by atoms with Gasteiger partial charge in [-0.2, -0.15) is 0 Å². The molecule has 106 valence electrons. The molecule has 1 nitrogen and oxygen atoms in total. The van der Waals surface area contributed by atoms with Gasteiger partial charge in [-0.1, -0.05) is 25.4 Å². The van der Waals surface area contributed by atoms with E-state index < -0.39 is 0 Å². The van der Waals surface area contributed by atoms with Crippen molar-refractivity contribution >= 4 is 11.6 Å². The minimum atomic E-state index is -0.198. The highest BCUT2D eigenvalue weighted by molar-refractivity contribution is 6.30. The predicted octanol–water partition coefficient (Wildman–Crippen LogP) is 4.57. The molecule has 1 aliphatic rings. The Morgan fingerprint density at radius 1 is 1.37 bits per heavy atom. The maximum Gasteiger partial charge on any atom is 0.126 e. The molecule has 19 heavy (non-hydrogen) atoms. The van der Waals surface area contributed by atoms with Crippen LogP contribution in [0.3, 0.4) is 0 Å². The summed E-state index contributed by atoms with van der Waals surface area (Å²) in [6.07, 6.45) is 5.30. The highest BCUT2D eigenvalue weighted by Crippen LogP contribution is 2.39. The van der Waals surface area contributed by atoms with Crippen LogP contribution in [0.25, 0.3) is 0 Å². The van der Waals surface area contributed by atoms with Crippen LogP contribution >= 0.6 is 11.6 Å². The van der Waals surface area contributed by atoms with Crippen LogP contribution < -0.4 is 5.73 Å². The number of nitrogens with two attached hydrogens (primary N) is 1. The highest BCUT2D eigenvalue weighted by Gasteiger charge is 2.30. The third-order valence-electron chi connectivity index (χ3n) is 4.45. The van der Waals surface area contributed by atoms with Crippen molar-refractivity contribution in [2.45, 2.75) is 52.0 Å². The Morgan fingerprint density at radius 3 is 2.63 bits per heavy atom. The Kier molecular flexibility index (Phi) is 4.52. The normalized spacial score (nSPS) is 21.3. The Morgan fingerprint density at radius 2 is 2.00 bits per heavy atom. The minimum absolute atomic E-state index is 0.0315. The van der Waals surface area contributed by atoms with Crippen molar-refractivity contribution in [3.05, 3.63) is 34.6 Å². The Labute approximate surface area is 120 Å². The van der Waals surface area contributed by atoms with Crippen molar-refractivity contribution in [2.75, 3.05) is 0 Å². The summed E-state index contributed by atoms with van der Waals surface area (Å²) in [6, 6.07) is 4.73. The van der Waals surface area contributed by atoms with Crippen molar-refractivity contribution in [3.8, 4) is 0 Å². The van der Waals surface area contributed by atoms with Crippen LogP contribution in [0, 0.1) is 17.2 Å². The van der Waals surface area contributed by atoms with Gasteiger partial charge in [-0.05, 0) is 67.2 Å². The van der Waals surface area contributed by atoms with Crippen LogP contribution in [0.4, 0.5) is 4.39 Å². The van der Waals surface area contributed by atoms with Gasteiger partial charge >= 0.3 is 0 Å². The van der Waals surface area contributed by atoms with Crippen molar-refractivity contribution in [3.63, 3.8) is 0 Å². The molecule has 0 amide bonds. The maximum absolute atomic E-state index is 13.7. The molecular weight excluding hydrogens is 261 g/mol. The van der Waals surface area contributed by atoms with Crippen molar-refractivity contribution in [1.29, 1.82) is 0 Å². The zero-order valence-electron chi connectivity index (χ0n) is 11.8. The first-order valence-corrected chi connectivity index (χ1v) is 7.45. The van der Waals surface area contributed by atoms with E-state index >= 15 is 0 Å². The Balaban J connectivity index is 1.98. The van der Waals surface area contributed by atoms with Gasteiger partial charge in [-0.15, -0.1) is 0 Å². The van der Waals surface area contributed by atoms with Crippen LogP contribution in [-0.4, -0.2) is 6.04 Å². The van der Waals surface area contributed by atoms with E-state index in [0.717, 1.165) is 12.8 Å². The summed E-state index contributed by atoms with van der Waals surface area (Å²) in [6.45, 7) is 4.62. The van der Waals surface area contributed by atoms with Crippen LogP contribution in [0.1, 0.15) is 45.1 Å². The molecular formula is C16H23ClFN. The van der Waals surface area contributed by atoms with E-state index in [9.17, 15) is 4.39 Å². The third kappa shape index (κ3) is 3.93. The lowest BCUT2D eigenvalue weighted by Gasteiger charge is -2.37. The fourth-order valence-electron chi connectivity index (χ4n) is 2.97. The number of benzene rings is 1. The maximum atomic E-state index is 13.7. The van der Waals surface area contributed by atoms with E-state index in [0.29, 0.717) is 28.3 Å². The van der Waals surface area contributed by atoms with Gasteiger partial charge in [0.2, 0.25) is 0 Å².